The molecule has 6 nitrogen and oxygen atoms in total. The van der Waals surface area contributed by atoms with E-state index in [1.165, 1.54) is 7.11 Å². The third-order valence-electron chi connectivity index (χ3n) is 5.00. The van der Waals surface area contributed by atoms with E-state index in [2.05, 4.69) is 9.97 Å². The van der Waals surface area contributed by atoms with Crippen molar-refractivity contribution in [2.75, 3.05) is 7.11 Å². The van der Waals surface area contributed by atoms with Crippen molar-refractivity contribution in [2.45, 2.75) is 20.0 Å². The second-order valence-corrected chi connectivity index (χ2v) is 6.76. The van der Waals surface area contributed by atoms with E-state index < -0.39 is 11.9 Å². The highest BCUT2D eigenvalue weighted by Crippen LogP contribution is 2.24. The molecular formula is C23H20N2O4. The van der Waals surface area contributed by atoms with Gasteiger partial charge in [0.25, 0.3) is 0 Å². The Morgan fingerprint density at radius 3 is 2.55 bits per heavy atom. The normalized spacial score (nSPS) is 11.0. The summed E-state index contributed by atoms with van der Waals surface area (Å²) in [7, 11) is 1.32. The van der Waals surface area contributed by atoms with Crippen LogP contribution in [0.3, 0.4) is 0 Å². The molecule has 0 aliphatic rings. The molecule has 4 rings (SSSR count). The first-order valence-electron chi connectivity index (χ1n) is 9.25. The highest BCUT2D eigenvalue weighted by Gasteiger charge is 2.20. The number of fused-ring (bicyclic) bond motifs is 2. The molecule has 0 aliphatic heterocycles. The first kappa shape index (κ1) is 18.7. The molecule has 2 aromatic heterocycles. The number of nitrogens with one attached hydrogen (secondary N) is 1. The predicted molar refractivity (Wildman–Crippen MR) is 110 cm³/mol. The number of H-pyrrole nitrogens is 1. The van der Waals surface area contributed by atoms with E-state index in [1.807, 2.05) is 61.7 Å². The topological polar surface area (TPSA) is 81.3 Å². The van der Waals surface area contributed by atoms with Gasteiger partial charge in [-0.25, -0.2) is 9.78 Å². The zero-order valence-corrected chi connectivity index (χ0v) is 16.2. The molecule has 0 radical (unpaired) electrons. The van der Waals surface area contributed by atoms with Gasteiger partial charge in [-0.3, -0.25) is 4.79 Å². The molecule has 0 bridgehead atoms. The van der Waals surface area contributed by atoms with Crippen LogP contribution in [0.1, 0.15) is 27.2 Å². The molecule has 0 amide bonds. The van der Waals surface area contributed by atoms with Crippen LogP contribution in [0, 0.1) is 6.92 Å². The van der Waals surface area contributed by atoms with E-state index >= 15 is 0 Å². The monoisotopic (exact) mass is 388 g/mol. The fourth-order valence-electron chi connectivity index (χ4n) is 3.55. The van der Waals surface area contributed by atoms with Crippen molar-refractivity contribution in [3.05, 3.63) is 77.1 Å². The molecule has 0 spiro atoms. The van der Waals surface area contributed by atoms with E-state index in [0.29, 0.717) is 11.3 Å². The number of pyridine rings is 1. The maximum absolute atomic E-state index is 12.4. The third-order valence-corrected chi connectivity index (χ3v) is 5.00. The van der Waals surface area contributed by atoms with Crippen LogP contribution >= 0.6 is 0 Å². The van der Waals surface area contributed by atoms with Gasteiger partial charge in [0.05, 0.1) is 30.3 Å². The number of aryl methyl sites for hydroxylation is 1. The summed E-state index contributed by atoms with van der Waals surface area (Å²) >= 11 is 0. The Morgan fingerprint density at radius 2 is 1.76 bits per heavy atom. The number of para-hydroxylation sites is 2. The molecule has 2 aromatic carbocycles. The lowest BCUT2D eigenvalue weighted by Gasteiger charge is -2.13. The summed E-state index contributed by atoms with van der Waals surface area (Å²) < 4.78 is 10.4. The van der Waals surface area contributed by atoms with Crippen LogP contribution in [-0.2, 0) is 27.3 Å². The average Bonchev–Trinajstić information content (AvgIpc) is 3.15. The summed E-state index contributed by atoms with van der Waals surface area (Å²) in [5, 5.41) is 1.85. The molecule has 0 saturated carbocycles. The number of hydrogen-bond acceptors (Lipinski definition) is 5. The Kier molecular flexibility index (Phi) is 4.99. The van der Waals surface area contributed by atoms with Crippen molar-refractivity contribution >= 4 is 33.7 Å². The van der Waals surface area contributed by atoms with Crippen molar-refractivity contribution in [3.63, 3.8) is 0 Å². The second-order valence-electron chi connectivity index (χ2n) is 6.76. The zero-order chi connectivity index (χ0) is 20.4. The molecule has 0 fully saturated rings. The summed E-state index contributed by atoms with van der Waals surface area (Å²) in [5.74, 6) is -0.887. The van der Waals surface area contributed by atoms with Gasteiger partial charge in [0.1, 0.15) is 6.61 Å². The second kappa shape index (κ2) is 7.75. The molecular weight excluding hydrogens is 368 g/mol. The Labute approximate surface area is 167 Å². The summed E-state index contributed by atoms with van der Waals surface area (Å²) in [5.41, 5.74) is 4.05. The minimum atomic E-state index is -0.497. The fourth-order valence-corrected chi connectivity index (χ4v) is 3.55. The number of aromatic amines is 1. The number of carbonyl (C=O) groups excluding carboxylic acids is 2. The maximum atomic E-state index is 12.4. The lowest BCUT2D eigenvalue weighted by atomic mass is 10.0. The van der Waals surface area contributed by atoms with Crippen molar-refractivity contribution in [3.8, 4) is 0 Å². The van der Waals surface area contributed by atoms with Crippen LogP contribution in [0.2, 0.25) is 0 Å². The first-order valence-corrected chi connectivity index (χ1v) is 9.25. The Balaban J connectivity index is 1.58. The average molecular weight is 388 g/mol. The SMILES string of the molecule is COC(=O)c1c(COC(=O)Cc2c[nH]c3ccccc23)nc2ccccc2c1C. The third kappa shape index (κ3) is 3.57. The first-order chi connectivity index (χ1) is 14.1. The minimum Gasteiger partial charge on any atom is -0.465 e. The van der Waals surface area contributed by atoms with E-state index in [0.717, 1.165) is 32.9 Å². The number of aromatic nitrogens is 2. The summed E-state index contributed by atoms with van der Waals surface area (Å²) in [6, 6.07) is 15.3. The summed E-state index contributed by atoms with van der Waals surface area (Å²) in [4.78, 5) is 32.5. The molecule has 6 heteroatoms. The number of ether oxygens (including phenoxy) is 2. The number of methoxy groups -OCH3 is 1. The van der Waals surface area contributed by atoms with Gasteiger partial charge in [-0.05, 0) is 30.2 Å². The Bertz CT molecular complexity index is 1230. The van der Waals surface area contributed by atoms with Gasteiger partial charge in [-0.2, -0.15) is 0 Å². The van der Waals surface area contributed by atoms with Crippen molar-refractivity contribution in [1.29, 1.82) is 0 Å². The molecule has 0 saturated heterocycles. The maximum Gasteiger partial charge on any atom is 0.340 e. The quantitative estimate of drug-likeness (QED) is 0.521. The standard InChI is InChI=1S/C23H20N2O4/c1-14-16-7-3-6-10-19(16)25-20(22(14)23(27)28-2)13-29-21(26)11-15-12-24-18-9-5-4-8-17(15)18/h3-10,12,24H,11,13H2,1-2H3. The van der Waals surface area contributed by atoms with Crippen LogP contribution in [-0.4, -0.2) is 29.0 Å². The van der Waals surface area contributed by atoms with E-state index in [-0.39, 0.29) is 13.0 Å². The van der Waals surface area contributed by atoms with Crippen molar-refractivity contribution in [2.24, 2.45) is 0 Å². The van der Waals surface area contributed by atoms with Crippen LogP contribution in [0.5, 0.6) is 0 Å². The minimum absolute atomic E-state index is 0.0999. The lowest BCUT2D eigenvalue weighted by Crippen LogP contribution is -2.14. The number of benzene rings is 2. The van der Waals surface area contributed by atoms with Crippen molar-refractivity contribution in [1.82, 2.24) is 9.97 Å². The number of hydrogen-bond donors (Lipinski definition) is 1. The highest BCUT2D eigenvalue weighted by atomic mass is 16.5. The predicted octanol–water partition coefficient (Wildman–Crippen LogP) is 4.10. The molecule has 0 aliphatic carbocycles. The molecule has 0 atom stereocenters. The van der Waals surface area contributed by atoms with Gasteiger partial charge in [0.2, 0.25) is 0 Å². The van der Waals surface area contributed by atoms with Gasteiger partial charge in [-0.1, -0.05) is 36.4 Å². The Morgan fingerprint density at radius 1 is 1.03 bits per heavy atom. The molecule has 4 aromatic rings. The lowest BCUT2D eigenvalue weighted by molar-refractivity contribution is -0.144. The van der Waals surface area contributed by atoms with Crippen LogP contribution in [0.4, 0.5) is 0 Å². The van der Waals surface area contributed by atoms with E-state index in [4.69, 9.17) is 9.47 Å². The van der Waals surface area contributed by atoms with Crippen LogP contribution in [0.15, 0.2) is 54.7 Å². The molecule has 0 unspecified atom stereocenters. The largest absolute Gasteiger partial charge is 0.465 e. The van der Waals surface area contributed by atoms with Crippen LogP contribution in [0.25, 0.3) is 21.8 Å². The van der Waals surface area contributed by atoms with Crippen molar-refractivity contribution < 1.29 is 19.1 Å². The Hall–Kier alpha value is -3.67. The van der Waals surface area contributed by atoms with E-state index in [9.17, 15) is 9.59 Å². The number of nitrogens with zero attached hydrogens (tertiary/aromatic N) is 1. The van der Waals surface area contributed by atoms with Gasteiger partial charge >= 0.3 is 11.9 Å². The van der Waals surface area contributed by atoms with Gasteiger partial charge in [-0.15, -0.1) is 0 Å². The van der Waals surface area contributed by atoms with E-state index in [1.54, 1.807) is 0 Å². The highest BCUT2D eigenvalue weighted by molar-refractivity contribution is 5.98. The van der Waals surface area contributed by atoms with Gasteiger partial charge < -0.3 is 14.5 Å². The van der Waals surface area contributed by atoms with Gasteiger partial charge in [0.15, 0.2) is 0 Å². The summed E-state index contributed by atoms with van der Waals surface area (Å²) in [6.45, 7) is 1.74. The van der Waals surface area contributed by atoms with Crippen LogP contribution < -0.4 is 0 Å². The molecule has 29 heavy (non-hydrogen) atoms. The fraction of sp³-hybridized carbons (Fsp3) is 0.174. The van der Waals surface area contributed by atoms with Gasteiger partial charge in [0, 0.05) is 22.5 Å². The zero-order valence-electron chi connectivity index (χ0n) is 16.2. The molecule has 146 valence electrons. The number of rotatable bonds is 5. The molecule has 2 heterocycles. The number of carbonyl (C=O) groups is 2. The smallest absolute Gasteiger partial charge is 0.340 e. The summed E-state index contributed by atoms with van der Waals surface area (Å²) in [6.07, 6.45) is 1.94. The molecule has 1 N–H and O–H groups in total. The number of esters is 2.